The third-order valence-electron chi connectivity index (χ3n) is 4.81. The van der Waals surface area contributed by atoms with E-state index in [4.69, 9.17) is 9.72 Å². The number of aromatic nitrogens is 4. The van der Waals surface area contributed by atoms with Crippen molar-refractivity contribution in [1.82, 2.24) is 24.9 Å². The number of hydrogen-bond acceptors (Lipinski definition) is 6. The average Bonchev–Trinajstić information content (AvgIpc) is 3.22. The number of fused-ring (bicyclic) bond motifs is 5. The highest BCUT2D eigenvalue weighted by Crippen LogP contribution is 2.37. The molecule has 0 saturated heterocycles. The third-order valence-corrected chi connectivity index (χ3v) is 6.00. The second-order valence-corrected chi connectivity index (χ2v) is 8.33. The van der Waals surface area contributed by atoms with Gasteiger partial charge in [0, 0.05) is 18.0 Å². The molecule has 4 rings (SSSR count). The van der Waals surface area contributed by atoms with E-state index in [-0.39, 0.29) is 17.8 Å². The summed E-state index contributed by atoms with van der Waals surface area (Å²) in [6, 6.07) is 0. The summed E-state index contributed by atoms with van der Waals surface area (Å²) in [7, 11) is 0. The first kappa shape index (κ1) is 18.3. The lowest BCUT2D eigenvalue weighted by atomic mass is 9.97. The van der Waals surface area contributed by atoms with Crippen LogP contribution in [0, 0.1) is 6.92 Å². The van der Waals surface area contributed by atoms with Gasteiger partial charge in [0.05, 0.1) is 11.5 Å². The highest BCUT2D eigenvalue weighted by molar-refractivity contribution is 7.19. The lowest BCUT2D eigenvalue weighted by Gasteiger charge is -2.10. The predicted molar refractivity (Wildman–Crippen MR) is 106 cm³/mol. The SMILES string of the molecule is Cc1nc2sc3c(c2c2nc(C(=O)NCCCOC(C)C)nn12)CCCC3. The van der Waals surface area contributed by atoms with Gasteiger partial charge in [0.25, 0.3) is 5.91 Å². The van der Waals surface area contributed by atoms with Gasteiger partial charge in [-0.1, -0.05) is 0 Å². The van der Waals surface area contributed by atoms with Crippen LogP contribution in [0.1, 0.15) is 60.0 Å². The van der Waals surface area contributed by atoms with Gasteiger partial charge in [-0.05, 0) is 58.4 Å². The molecule has 27 heavy (non-hydrogen) atoms. The Hall–Kier alpha value is -2.06. The Labute approximate surface area is 162 Å². The van der Waals surface area contributed by atoms with Gasteiger partial charge in [-0.2, -0.15) is 4.52 Å². The maximum Gasteiger partial charge on any atom is 0.290 e. The van der Waals surface area contributed by atoms with E-state index < -0.39 is 0 Å². The molecule has 144 valence electrons. The molecule has 8 heteroatoms. The molecule has 1 aliphatic rings. The van der Waals surface area contributed by atoms with Gasteiger partial charge >= 0.3 is 0 Å². The van der Waals surface area contributed by atoms with Gasteiger partial charge in [-0.25, -0.2) is 9.97 Å². The number of carbonyl (C=O) groups is 1. The zero-order valence-corrected chi connectivity index (χ0v) is 16.9. The van der Waals surface area contributed by atoms with Gasteiger partial charge in [0.1, 0.15) is 10.7 Å². The van der Waals surface area contributed by atoms with E-state index >= 15 is 0 Å². The third kappa shape index (κ3) is 3.55. The number of nitrogens with one attached hydrogen (secondary N) is 1. The van der Waals surface area contributed by atoms with Gasteiger partial charge in [0.2, 0.25) is 5.82 Å². The van der Waals surface area contributed by atoms with Gasteiger partial charge in [0.15, 0.2) is 5.65 Å². The first-order chi connectivity index (χ1) is 13.0. The molecule has 7 nitrogen and oxygen atoms in total. The fourth-order valence-electron chi connectivity index (χ4n) is 3.52. The maximum atomic E-state index is 12.5. The smallest absolute Gasteiger partial charge is 0.290 e. The highest BCUT2D eigenvalue weighted by atomic mass is 32.1. The van der Waals surface area contributed by atoms with Crippen molar-refractivity contribution in [2.45, 2.75) is 59.0 Å². The molecule has 0 spiro atoms. The topological polar surface area (TPSA) is 81.4 Å². The summed E-state index contributed by atoms with van der Waals surface area (Å²) in [6.45, 7) is 7.08. The van der Waals surface area contributed by atoms with Crippen LogP contribution in [0.2, 0.25) is 0 Å². The summed E-state index contributed by atoms with van der Waals surface area (Å²) < 4.78 is 7.20. The van der Waals surface area contributed by atoms with Crippen molar-refractivity contribution in [3.8, 4) is 0 Å². The number of nitrogens with zero attached hydrogens (tertiary/aromatic N) is 4. The lowest BCUT2D eigenvalue weighted by molar-refractivity contribution is 0.0756. The molecule has 0 aliphatic heterocycles. The van der Waals surface area contributed by atoms with Crippen LogP contribution in [0.25, 0.3) is 15.9 Å². The minimum Gasteiger partial charge on any atom is -0.379 e. The van der Waals surface area contributed by atoms with E-state index in [1.165, 1.54) is 23.3 Å². The molecule has 0 saturated carbocycles. The molecule has 1 amide bonds. The number of carbonyl (C=O) groups excluding carboxylic acids is 1. The van der Waals surface area contributed by atoms with Crippen LogP contribution in [0.15, 0.2) is 0 Å². The van der Waals surface area contributed by atoms with E-state index in [1.54, 1.807) is 15.9 Å². The molecule has 0 radical (unpaired) electrons. The number of ether oxygens (including phenoxy) is 1. The molecular formula is C19H25N5O2S. The Morgan fingerprint density at radius 3 is 2.93 bits per heavy atom. The minimum atomic E-state index is -0.250. The number of aryl methyl sites for hydroxylation is 3. The number of hydrogen-bond donors (Lipinski definition) is 1. The molecule has 0 aromatic carbocycles. The maximum absolute atomic E-state index is 12.5. The van der Waals surface area contributed by atoms with Crippen LogP contribution in [0.5, 0.6) is 0 Å². The Balaban J connectivity index is 1.60. The summed E-state index contributed by atoms with van der Waals surface area (Å²) in [4.78, 5) is 24.2. The van der Waals surface area contributed by atoms with Crippen LogP contribution in [0.3, 0.4) is 0 Å². The van der Waals surface area contributed by atoms with E-state index in [2.05, 4.69) is 15.4 Å². The van der Waals surface area contributed by atoms with Crippen molar-refractivity contribution in [1.29, 1.82) is 0 Å². The molecule has 1 aliphatic carbocycles. The number of rotatable bonds is 6. The first-order valence-electron chi connectivity index (χ1n) is 9.62. The van der Waals surface area contributed by atoms with E-state index in [0.717, 1.165) is 41.0 Å². The molecular weight excluding hydrogens is 362 g/mol. The quantitative estimate of drug-likeness (QED) is 0.658. The summed E-state index contributed by atoms with van der Waals surface area (Å²) >= 11 is 1.76. The Kier molecular flexibility index (Phi) is 5.10. The molecule has 0 atom stereocenters. The summed E-state index contributed by atoms with van der Waals surface area (Å²) in [5, 5.41) is 8.39. The van der Waals surface area contributed by atoms with Crippen LogP contribution >= 0.6 is 11.3 Å². The molecule has 0 fully saturated rings. The van der Waals surface area contributed by atoms with Crippen LogP contribution in [0.4, 0.5) is 0 Å². The monoisotopic (exact) mass is 387 g/mol. The standard InChI is InChI=1S/C19H25N5O2S/c1-11(2)26-10-6-9-20-18(25)16-22-17-15-13-7-4-5-8-14(13)27-19(15)21-12(3)24(17)23-16/h11H,4-10H2,1-3H3,(H,20,25). The van der Waals surface area contributed by atoms with Crippen molar-refractivity contribution < 1.29 is 9.53 Å². The zero-order valence-electron chi connectivity index (χ0n) is 16.0. The Bertz CT molecular complexity index is 991. The predicted octanol–water partition coefficient (Wildman–Crippen LogP) is 3.07. The van der Waals surface area contributed by atoms with E-state index in [0.29, 0.717) is 13.2 Å². The average molecular weight is 388 g/mol. The molecule has 3 heterocycles. The second-order valence-electron chi connectivity index (χ2n) is 7.25. The largest absolute Gasteiger partial charge is 0.379 e. The minimum absolute atomic E-state index is 0.202. The van der Waals surface area contributed by atoms with E-state index in [1.807, 2.05) is 20.8 Å². The van der Waals surface area contributed by atoms with Crippen LogP contribution in [-0.2, 0) is 17.6 Å². The van der Waals surface area contributed by atoms with Crippen molar-refractivity contribution in [3.63, 3.8) is 0 Å². The summed E-state index contributed by atoms with van der Waals surface area (Å²) in [6.07, 6.45) is 5.56. The lowest BCUT2D eigenvalue weighted by Crippen LogP contribution is -2.26. The highest BCUT2D eigenvalue weighted by Gasteiger charge is 2.23. The number of amides is 1. The Morgan fingerprint density at radius 1 is 1.30 bits per heavy atom. The van der Waals surface area contributed by atoms with Crippen molar-refractivity contribution in [2.75, 3.05) is 13.2 Å². The van der Waals surface area contributed by atoms with Crippen LogP contribution < -0.4 is 5.32 Å². The fourth-order valence-corrected chi connectivity index (χ4v) is 4.82. The second kappa shape index (κ2) is 7.52. The zero-order chi connectivity index (χ0) is 19.0. The van der Waals surface area contributed by atoms with Crippen molar-refractivity contribution in [3.05, 3.63) is 22.1 Å². The fraction of sp³-hybridized carbons (Fsp3) is 0.579. The molecule has 3 aromatic heterocycles. The van der Waals surface area contributed by atoms with Crippen molar-refractivity contribution in [2.24, 2.45) is 0 Å². The molecule has 3 aromatic rings. The molecule has 1 N–H and O–H groups in total. The molecule has 0 unspecified atom stereocenters. The van der Waals surface area contributed by atoms with Crippen molar-refractivity contribution >= 4 is 33.1 Å². The normalized spacial score (nSPS) is 14.2. The Morgan fingerprint density at radius 2 is 2.11 bits per heavy atom. The number of thiophene rings is 1. The molecule has 0 bridgehead atoms. The summed E-state index contributed by atoms with van der Waals surface area (Å²) in [5.41, 5.74) is 2.11. The van der Waals surface area contributed by atoms with Gasteiger partial charge in [-0.3, -0.25) is 4.79 Å². The first-order valence-corrected chi connectivity index (χ1v) is 10.4. The van der Waals surface area contributed by atoms with Gasteiger partial charge in [-0.15, -0.1) is 16.4 Å². The van der Waals surface area contributed by atoms with Crippen LogP contribution in [-0.4, -0.2) is 44.7 Å². The summed E-state index contributed by atoms with van der Waals surface area (Å²) in [5.74, 6) is 0.709. The van der Waals surface area contributed by atoms with Gasteiger partial charge < -0.3 is 10.1 Å². The van der Waals surface area contributed by atoms with E-state index in [9.17, 15) is 4.79 Å².